The van der Waals surface area contributed by atoms with Crippen molar-refractivity contribution in [3.05, 3.63) is 29.8 Å². The predicted octanol–water partition coefficient (Wildman–Crippen LogP) is 2.13. The summed E-state index contributed by atoms with van der Waals surface area (Å²) in [7, 11) is 6.44. The van der Waals surface area contributed by atoms with Crippen molar-refractivity contribution in [3.8, 4) is 5.75 Å². The third-order valence-corrected chi connectivity index (χ3v) is 4.84. The van der Waals surface area contributed by atoms with E-state index in [0.717, 1.165) is 51.0 Å². The summed E-state index contributed by atoms with van der Waals surface area (Å²) in [5, 5.41) is 3.39. The van der Waals surface area contributed by atoms with Crippen LogP contribution in [-0.2, 0) is 0 Å². The Bertz CT molecular complexity index is 566. The molecule has 6 nitrogen and oxygen atoms in total. The lowest BCUT2D eigenvalue weighted by atomic mass is 10.2. The van der Waals surface area contributed by atoms with Gasteiger partial charge in [0.2, 0.25) is 0 Å². The van der Waals surface area contributed by atoms with E-state index in [1.807, 2.05) is 12.1 Å². The molecule has 1 aliphatic rings. The molecule has 1 atom stereocenters. The fourth-order valence-electron chi connectivity index (χ4n) is 3.00. The molecule has 154 valence electrons. The Morgan fingerprint density at radius 3 is 2.63 bits per heavy atom. The minimum absolute atomic E-state index is 0. The molecular weight excluding hydrogens is 453 g/mol. The Hall–Kier alpha value is -1.06. The second-order valence-corrected chi connectivity index (χ2v) is 7.17. The molecule has 1 N–H and O–H groups in total. The average molecular weight is 489 g/mol. The fourth-order valence-corrected chi connectivity index (χ4v) is 3.00. The third kappa shape index (κ3) is 8.23. The van der Waals surface area contributed by atoms with Crippen LogP contribution in [0.25, 0.3) is 0 Å². The van der Waals surface area contributed by atoms with E-state index in [1.165, 1.54) is 5.56 Å². The molecule has 0 radical (unpaired) electrons. The van der Waals surface area contributed by atoms with Crippen LogP contribution in [0.15, 0.2) is 29.3 Å². The molecular formula is C20H36IN5O. The van der Waals surface area contributed by atoms with Crippen molar-refractivity contribution in [1.82, 2.24) is 20.0 Å². The zero-order valence-electron chi connectivity index (χ0n) is 17.4. The van der Waals surface area contributed by atoms with Gasteiger partial charge in [0.1, 0.15) is 12.4 Å². The molecule has 1 saturated heterocycles. The number of hydrogen-bond acceptors (Lipinski definition) is 4. The first-order valence-electron chi connectivity index (χ1n) is 9.57. The number of rotatable bonds is 7. The normalized spacial score (nSPS) is 18.7. The molecule has 1 heterocycles. The molecule has 7 heteroatoms. The molecule has 0 saturated carbocycles. The van der Waals surface area contributed by atoms with Crippen LogP contribution in [0.5, 0.6) is 5.75 Å². The Balaban J connectivity index is 0.00000364. The number of halogens is 1. The molecule has 1 aliphatic heterocycles. The summed E-state index contributed by atoms with van der Waals surface area (Å²) in [5.74, 6) is 1.86. The number of ether oxygens (including phenoxy) is 1. The first-order valence-corrected chi connectivity index (χ1v) is 9.57. The first-order chi connectivity index (χ1) is 12.5. The van der Waals surface area contributed by atoms with E-state index in [2.05, 4.69) is 67.1 Å². The number of likely N-dealkylation sites (N-methyl/N-ethyl adjacent to an activating group) is 3. The van der Waals surface area contributed by atoms with E-state index < -0.39 is 0 Å². The predicted molar refractivity (Wildman–Crippen MR) is 125 cm³/mol. The van der Waals surface area contributed by atoms with Crippen molar-refractivity contribution in [1.29, 1.82) is 0 Å². The van der Waals surface area contributed by atoms with Gasteiger partial charge in [0, 0.05) is 39.3 Å². The van der Waals surface area contributed by atoms with E-state index >= 15 is 0 Å². The van der Waals surface area contributed by atoms with Crippen molar-refractivity contribution in [2.24, 2.45) is 4.99 Å². The van der Waals surface area contributed by atoms with Crippen LogP contribution in [0.3, 0.4) is 0 Å². The Morgan fingerprint density at radius 1 is 1.26 bits per heavy atom. The number of nitrogens with one attached hydrogen (secondary N) is 1. The van der Waals surface area contributed by atoms with Gasteiger partial charge < -0.3 is 19.9 Å². The topological polar surface area (TPSA) is 43.3 Å². The van der Waals surface area contributed by atoms with Crippen molar-refractivity contribution in [2.45, 2.75) is 19.9 Å². The standard InChI is InChI=1S/C20H35N5O.HI/c1-6-21-20(22-15-18-16-23(3)11-12-24(18)4)25(5)13-14-26-19-9-7-17(2)8-10-19;/h7-10,18H,6,11-16H2,1-5H3,(H,21,22);1H. The summed E-state index contributed by atoms with van der Waals surface area (Å²) >= 11 is 0. The van der Waals surface area contributed by atoms with E-state index in [1.54, 1.807) is 0 Å². The maximum atomic E-state index is 5.85. The minimum atomic E-state index is 0. The van der Waals surface area contributed by atoms with Crippen molar-refractivity contribution in [2.75, 3.05) is 67.0 Å². The van der Waals surface area contributed by atoms with Crippen molar-refractivity contribution < 1.29 is 4.74 Å². The van der Waals surface area contributed by atoms with Gasteiger partial charge in [0.15, 0.2) is 5.96 Å². The minimum Gasteiger partial charge on any atom is -0.492 e. The van der Waals surface area contributed by atoms with E-state index in [-0.39, 0.29) is 24.0 Å². The summed E-state index contributed by atoms with van der Waals surface area (Å²) in [6.07, 6.45) is 0. The quantitative estimate of drug-likeness (QED) is 0.361. The summed E-state index contributed by atoms with van der Waals surface area (Å²) in [6.45, 7) is 10.6. The Kier molecular flexibility index (Phi) is 11.0. The summed E-state index contributed by atoms with van der Waals surface area (Å²) in [6, 6.07) is 8.65. The lowest BCUT2D eigenvalue weighted by Crippen LogP contribution is -2.51. The van der Waals surface area contributed by atoms with Gasteiger partial charge in [-0.05, 0) is 40.1 Å². The van der Waals surface area contributed by atoms with Crippen LogP contribution in [-0.4, -0.2) is 93.7 Å². The van der Waals surface area contributed by atoms with E-state index in [9.17, 15) is 0 Å². The van der Waals surface area contributed by atoms with Crippen LogP contribution >= 0.6 is 24.0 Å². The first kappa shape index (κ1) is 24.0. The molecule has 0 spiro atoms. The van der Waals surface area contributed by atoms with Gasteiger partial charge in [0.25, 0.3) is 0 Å². The Labute approximate surface area is 182 Å². The van der Waals surface area contributed by atoms with Gasteiger partial charge in [-0.15, -0.1) is 24.0 Å². The maximum absolute atomic E-state index is 5.85. The lowest BCUT2D eigenvalue weighted by molar-refractivity contribution is 0.119. The monoisotopic (exact) mass is 489 g/mol. The SMILES string of the molecule is CCNC(=NCC1CN(C)CCN1C)N(C)CCOc1ccc(C)cc1.I. The summed E-state index contributed by atoms with van der Waals surface area (Å²) in [4.78, 5) is 11.8. The van der Waals surface area contributed by atoms with E-state index in [0.29, 0.717) is 12.6 Å². The number of piperazine rings is 1. The molecule has 0 aliphatic carbocycles. The third-order valence-electron chi connectivity index (χ3n) is 4.84. The highest BCUT2D eigenvalue weighted by atomic mass is 127. The maximum Gasteiger partial charge on any atom is 0.193 e. The largest absolute Gasteiger partial charge is 0.492 e. The van der Waals surface area contributed by atoms with Gasteiger partial charge in [-0.25, -0.2) is 0 Å². The van der Waals surface area contributed by atoms with Crippen LogP contribution < -0.4 is 10.1 Å². The number of hydrogen-bond donors (Lipinski definition) is 1. The zero-order valence-corrected chi connectivity index (χ0v) is 19.8. The second kappa shape index (κ2) is 12.4. The molecule has 27 heavy (non-hydrogen) atoms. The molecule has 0 aromatic heterocycles. The van der Waals surface area contributed by atoms with Crippen LogP contribution in [0.2, 0.25) is 0 Å². The van der Waals surface area contributed by atoms with Crippen LogP contribution in [0, 0.1) is 6.92 Å². The van der Waals surface area contributed by atoms with Crippen LogP contribution in [0.1, 0.15) is 12.5 Å². The molecule has 1 aromatic carbocycles. The molecule has 2 rings (SSSR count). The number of aliphatic imine (C=N–C) groups is 1. The average Bonchev–Trinajstić information content (AvgIpc) is 2.62. The second-order valence-electron chi connectivity index (χ2n) is 7.17. The number of guanidine groups is 1. The number of benzene rings is 1. The highest BCUT2D eigenvalue weighted by molar-refractivity contribution is 14.0. The number of nitrogens with zero attached hydrogens (tertiary/aromatic N) is 4. The Morgan fingerprint density at radius 2 is 1.96 bits per heavy atom. The molecule has 1 aromatic rings. The highest BCUT2D eigenvalue weighted by Crippen LogP contribution is 2.11. The smallest absolute Gasteiger partial charge is 0.193 e. The lowest BCUT2D eigenvalue weighted by Gasteiger charge is -2.37. The van der Waals surface area contributed by atoms with Crippen molar-refractivity contribution >= 4 is 29.9 Å². The summed E-state index contributed by atoms with van der Waals surface area (Å²) in [5.41, 5.74) is 1.24. The fraction of sp³-hybridized carbons (Fsp3) is 0.650. The van der Waals surface area contributed by atoms with Crippen molar-refractivity contribution in [3.63, 3.8) is 0 Å². The van der Waals surface area contributed by atoms with E-state index in [4.69, 9.17) is 9.73 Å². The van der Waals surface area contributed by atoms with Gasteiger partial charge in [0.05, 0.1) is 13.1 Å². The van der Waals surface area contributed by atoms with Gasteiger partial charge in [-0.2, -0.15) is 0 Å². The molecule has 1 fully saturated rings. The molecule has 0 amide bonds. The number of aryl methyl sites for hydroxylation is 1. The van der Waals surface area contributed by atoms with Gasteiger partial charge >= 0.3 is 0 Å². The van der Waals surface area contributed by atoms with Gasteiger partial charge in [-0.1, -0.05) is 17.7 Å². The van der Waals surface area contributed by atoms with Crippen LogP contribution in [0.4, 0.5) is 0 Å². The zero-order chi connectivity index (χ0) is 18.9. The molecule has 0 bridgehead atoms. The molecule has 1 unspecified atom stereocenters. The highest BCUT2D eigenvalue weighted by Gasteiger charge is 2.22. The van der Waals surface area contributed by atoms with Gasteiger partial charge in [-0.3, -0.25) is 9.89 Å². The summed E-state index contributed by atoms with van der Waals surface area (Å²) < 4.78 is 5.85.